The van der Waals surface area contributed by atoms with E-state index in [1.54, 1.807) is 42.1 Å². The van der Waals surface area contributed by atoms with E-state index in [-0.39, 0.29) is 31.3 Å². The van der Waals surface area contributed by atoms with Crippen LogP contribution in [0.4, 0.5) is 0 Å². The highest BCUT2D eigenvalue weighted by atomic mass is 32.1. The summed E-state index contributed by atoms with van der Waals surface area (Å²) in [6, 6.07) is 4.82. The third-order valence-electron chi connectivity index (χ3n) is 7.42. The fourth-order valence-electron chi connectivity index (χ4n) is 4.91. The number of benzene rings is 1. The zero-order valence-corrected chi connectivity index (χ0v) is 28.1. The number of aliphatic imine (C=N–C) groups is 1. The zero-order chi connectivity index (χ0) is 34.9. The molecule has 1 aromatic heterocycles. The van der Waals surface area contributed by atoms with Crippen LogP contribution in [-0.4, -0.2) is 87.6 Å². The Kier molecular flexibility index (Phi) is 16.6. The molecule has 2 rings (SSSR count). The molecule has 260 valence electrons. The number of H-pyrrole nitrogens is 1. The molecule has 1 aromatic carbocycles. The number of carbonyl (C=O) groups excluding carboxylic acids is 3. The van der Waals surface area contributed by atoms with Crippen molar-refractivity contribution in [2.45, 2.75) is 89.0 Å². The van der Waals surface area contributed by atoms with Crippen LogP contribution >= 0.6 is 12.2 Å². The normalized spacial score (nSPS) is 13.6. The number of imidazole rings is 1. The predicted octanol–water partition coefficient (Wildman–Crippen LogP) is -0.0439. The molecule has 0 bridgehead atoms. The van der Waals surface area contributed by atoms with Crippen molar-refractivity contribution >= 4 is 41.9 Å². The van der Waals surface area contributed by atoms with E-state index < -0.39 is 47.9 Å². The second kappa shape index (κ2) is 20.1. The van der Waals surface area contributed by atoms with Gasteiger partial charge in [0.05, 0.1) is 6.04 Å². The number of aromatic nitrogens is 2. The molecule has 15 nitrogen and oxygen atoms in total. The Hall–Kier alpha value is -4.28. The van der Waals surface area contributed by atoms with Gasteiger partial charge in [-0.15, -0.1) is 0 Å². The number of hydrogen-bond acceptors (Lipinski definition) is 8. The first kappa shape index (κ1) is 38.9. The maximum absolute atomic E-state index is 13.9. The fraction of sp³-hybridized carbons (Fsp3) is 0.548. The highest BCUT2D eigenvalue weighted by Gasteiger charge is 2.31. The molecule has 0 fully saturated rings. The van der Waals surface area contributed by atoms with Crippen LogP contribution < -0.4 is 38.5 Å². The summed E-state index contributed by atoms with van der Waals surface area (Å²) >= 11 is 5.29. The fourth-order valence-corrected chi connectivity index (χ4v) is 5.08. The highest BCUT2D eigenvalue weighted by molar-refractivity contribution is 7.71. The van der Waals surface area contributed by atoms with Crippen molar-refractivity contribution in [1.29, 1.82) is 0 Å². The van der Waals surface area contributed by atoms with Gasteiger partial charge >= 0.3 is 5.97 Å². The van der Waals surface area contributed by atoms with Gasteiger partial charge in [-0.05, 0) is 56.4 Å². The van der Waals surface area contributed by atoms with Crippen molar-refractivity contribution in [2.75, 3.05) is 13.1 Å². The van der Waals surface area contributed by atoms with Crippen LogP contribution in [0.15, 0.2) is 41.5 Å². The van der Waals surface area contributed by atoms with E-state index in [1.165, 1.54) is 0 Å². The van der Waals surface area contributed by atoms with Crippen molar-refractivity contribution in [2.24, 2.45) is 29.2 Å². The number of rotatable bonds is 21. The highest BCUT2D eigenvalue weighted by Crippen LogP contribution is 2.10. The van der Waals surface area contributed by atoms with Gasteiger partial charge in [-0.3, -0.25) is 19.4 Å². The first-order valence-corrected chi connectivity index (χ1v) is 16.2. The molecule has 16 heteroatoms. The summed E-state index contributed by atoms with van der Waals surface area (Å²) in [5.41, 5.74) is 17.9. The number of aromatic amines is 1. The Morgan fingerprint density at radius 2 is 1.49 bits per heavy atom. The Bertz CT molecular complexity index is 1390. The number of carboxylic acids is 1. The monoisotopic (exact) mass is 674 g/mol. The van der Waals surface area contributed by atoms with E-state index in [2.05, 4.69) is 31.2 Å². The van der Waals surface area contributed by atoms with E-state index in [0.29, 0.717) is 49.2 Å². The second-order valence-corrected chi connectivity index (χ2v) is 12.1. The number of aliphatic carboxylic acids is 1. The molecule has 0 aliphatic heterocycles. The lowest BCUT2D eigenvalue weighted by molar-refractivity contribution is -0.142. The van der Waals surface area contributed by atoms with Crippen molar-refractivity contribution in [3.8, 4) is 0 Å². The summed E-state index contributed by atoms with van der Waals surface area (Å²) in [4.78, 5) is 59.9. The Balaban J connectivity index is 2.31. The number of hydrogen-bond donors (Lipinski definition) is 9. The molecular weight excluding hydrogens is 624 g/mol. The average Bonchev–Trinajstić information content (AvgIpc) is 3.33. The first-order chi connectivity index (χ1) is 22.3. The maximum atomic E-state index is 13.9. The molecule has 0 radical (unpaired) electrons. The van der Waals surface area contributed by atoms with Gasteiger partial charge in [-0.1, -0.05) is 44.2 Å². The Morgan fingerprint density at radius 3 is 2.06 bits per heavy atom. The summed E-state index contributed by atoms with van der Waals surface area (Å²) in [5, 5.41) is 21.3. The van der Waals surface area contributed by atoms with Crippen LogP contribution in [0.2, 0.25) is 0 Å². The first-order valence-electron chi connectivity index (χ1n) is 15.7. The minimum Gasteiger partial charge on any atom is -0.480 e. The van der Waals surface area contributed by atoms with Gasteiger partial charge < -0.3 is 53.1 Å². The molecule has 4 unspecified atom stereocenters. The summed E-state index contributed by atoms with van der Waals surface area (Å²) in [5.74, 6) is -2.93. The number of guanidine groups is 1. The van der Waals surface area contributed by atoms with Crippen molar-refractivity contribution in [3.63, 3.8) is 0 Å². The van der Waals surface area contributed by atoms with Crippen LogP contribution in [0, 0.1) is 4.77 Å². The van der Waals surface area contributed by atoms with Gasteiger partial charge in [-0.2, -0.15) is 0 Å². The van der Waals surface area contributed by atoms with Crippen LogP contribution in [-0.2, 0) is 39.1 Å². The van der Waals surface area contributed by atoms with Gasteiger partial charge in [0.1, 0.15) is 18.1 Å². The molecule has 0 aliphatic carbocycles. The summed E-state index contributed by atoms with van der Waals surface area (Å²) in [6.45, 7) is 4.52. The molecule has 4 atom stereocenters. The smallest absolute Gasteiger partial charge is 0.326 e. The number of nitrogens with two attached hydrogens (primary N) is 3. The van der Waals surface area contributed by atoms with Gasteiger partial charge in [-0.25, -0.2) is 4.79 Å². The zero-order valence-electron chi connectivity index (χ0n) is 27.3. The Labute approximate surface area is 280 Å². The molecule has 3 amide bonds. The van der Waals surface area contributed by atoms with E-state index in [0.717, 1.165) is 5.56 Å². The van der Waals surface area contributed by atoms with Crippen LogP contribution in [0.3, 0.4) is 0 Å². The lowest BCUT2D eigenvalue weighted by Gasteiger charge is -2.27. The molecule has 0 saturated heterocycles. The number of nitrogens with zero attached hydrogens (tertiary/aromatic N) is 2. The molecule has 12 N–H and O–H groups in total. The van der Waals surface area contributed by atoms with Crippen molar-refractivity contribution in [1.82, 2.24) is 30.8 Å². The lowest BCUT2D eigenvalue weighted by Crippen LogP contribution is -2.58. The van der Waals surface area contributed by atoms with Gasteiger partial charge in [0.2, 0.25) is 17.7 Å². The number of nitrogens with one attached hydrogen (secondary N) is 5. The predicted molar refractivity (Wildman–Crippen MR) is 183 cm³/mol. The molecule has 2 aromatic rings. The van der Waals surface area contributed by atoms with Gasteiger partial charge in [0, 0.05) is 44.4 Å². The van der Waals surface area contributed by atoms with Gasteiger partial charge in [0.15, 0.2) is 10.7 Å². The number of carbonyl (C=O) groups is 4. The standard InChI is InChI=1S/C31H50N10O5S/c1-19(2)37-22(13-9-15-35-30(33)34)26(42)39-24(17-21-18-36-31(47)41(21)3)28(44)38-23(12-7-8-14-32)27(43)40-25(29(45)46)16-20-10-5-4-6-11-20/h4-6,10-11,18-19,22-25,37H,7-9,12-17,32H2,1-3H3,(H,36,47)(H,38,44)(H,39,42)(H,40,43)(H,45,46)(H4,33,34,35). The topological polar surface area (TPSA) is 248 Å². The largest absolute Gasteiger partial charge is 0.480 e. The average molecular weight is 675 g/mol. The Morgan fingerprint density at radius 1 is 0.894 bits per heavy atom. The summed E-state index contributed by atoms with van der Waals surface area (Å²) in [6.07, 6.45) is 3.99. The third kappa shape index (κ3) is 13.9. The minimum absolute atomic E-state index is 0.0416. The molecule has 1 heterocycles. The maximum Gasteiger partial charge on any atom is 0.326 e. The van der Waals surface area contributed by atoms with Crippen LogP contribution in [0.1, 0.15) is 57.2 Å². The van der Waals surface area contributed by atoms with Crippen molar-refractivity contribution < 1.29 is 24.3 Å². The summed E-state index contributed by atoms with van der Waals surface area (Å²) in [7, 11) is 1.74. The molecule has 0 aliphatic rings. The van der Waals surface area contributed by atoms with Crippen molar-refractivity contribution in [3.05, 3.63) is 52.6 Å². The molecule has 47 heavy (non-hydrogen) atoms. The SMILES string of the molecule is CC(C)NC(CCCN=C(N)N)C(=O)NC(Cc1c[nH]c(=S)n1C)C(=O)NC(CCCCN)C(=O)NC(Cc1ccccc1)C(=O)O. The summed E-state index contributed by atoms with van der Waals surface area (Å²) < 4.78 is 2.12. The van der Waals surface area contributed by atoms with E-state index in [9.17, 15) is 24.3 Å². The van der Waals surface area contributed by atoms with Crippen LogP contribution in [0.5, 0.6) is 0 Å². The molecule has 0 saturated carbocycles. The van der Waals surface area contributed by atoms with E-state index >= 15 is 0 Å². The molecule has 0 spiro atoms. The van der Waals surface area contributed by atoms with Crippen LogP contribution in [0.25, 0.3) is 0 Å². The molecular formula is C31H50N10O5S. The lowest BCUT2D eigenvalue weighted by atomic mass is 10.0. The number of amides is 3. The third-order valence-corrected chi connectivity index (χ3v) is 7.81. The quantitative estimate of drug-likeness (QED) is 0.0370. The van der Waals surface area contributed by atoms with Gasteiger partial charge in [0.25, 0.3) is 0 Å². The number of unbranched alkanes of at least 4 members (excludes halogenated alkanes) is 1. The van der Waals surface area contributed by atoms with E-state index in [1.807, 2.05) is 19.9 Å². The second-order valence-electron chi connectivity index (χ2n) is 11.7. The number of carboxylic acid groups (broad SMARTS) is 1. The minimum atomic E-state index is -1.22. The van der Waals surface area contributed by atoms with E-state index in [4.69, 9.17) is 29.4 Å².